The van der Waals surface area contributed by atoms with Crippen molar-refractivity contribution >= 4 is 34.2 Å². The van der Waals surface area contributed by atoms with Crippen molar-refractivity contribution in [3.05, 3.63) is 34.3 Å². The van der Waals surface area contributed by atoms with Crippen molar-refractivity contribution in [2.75, 3.05) is 6.54 Å². The first kappa shape index (κ1) is 17.4. The van der Waals surface area contributed by atoms with Crippen LogP contribution in [0.5, 0.6) is 0 Å². The number of rotatable bonds is 6. The number of amides is 1. The second-order valence-electron chi connectivity index (χ2n) is 4.06. The number of benzene rings is 1. The molecule has 1 rings (SSSR count). The molecule has 3 nitrogen and oxygen atoms in total. The Bertz CT molecular complexity index is 357. The molecule has 3 N–H and O–H groups in total. The lowest BCUT2D eigenvalue weighted by Gasteiger charge is -2.11. The third-order valence-corrected chi connectivity index (χ3v) is 3.09. The quantitative estimate of drug-likeness (QED) is 0.840. The van der Waals surface area contributed by atoms with Gasteiger partial charge < -0.3 is 11.1 Å². The SMILES string of the molecule is CCCC(N)C(=O)NCCc1ccc(Br)cc1.Cl. The van der Waals surface area contributed by atoms with Crippen LogP contribution >= 0.6 is 28.3 Å². The molecule has 18 heavy (non-hydrogen) atoms. The van der Waals surface area contributed by atoms with Crippen LogP contribution in [-0.2, 0) is 11.2 Å². The van der Waals surface area contributed by atoms with Gasteiger partial charge in [-0.05, 0) is 30.5 Å². The lowest BCUT2D eigenvalue weighted by molar-refractivity contribution is -0.122. The first-order valence-electron chi connectivity index (χ1n) is 5.91. The molecule has 102 valence electrons. The minimum absolute atomic E-state index is 0. The van der Waals surface area contributed by atoms with Crippen LogP contribution in [0.3, 0.4) is 0 Å². The second kappa shape index (κ2) is 9.36. The Morgan fingerprint density at radius 2 is 2.00 bits per heavy atom. The molecular formula is C13H20BrClN2O. The smallest absolute Gasteiger partial charge is 0.236 e. The molecule has 0 bridgehead atoms. The first-order valence-corrected chi connectivity index (χ1v) is 6.70. The van der Waals surface area contributed by atoms with Crippen molar-refractivity contribution in [3.8, 4) is 0 Å². The van der Waals surface area contributed by atoms with Crippen molar-refractivity contribution in [2.45, 2.75) is 32.2 Å². The van der Waals surface area contributed by atoms with Crippen LogP contribution in [-0.4, -0.2) is 18.5 Å². The number of halogens is 2. The van der Waals surface area contributed by atoms with Crippen molar-refractivity contribution in [2.24, 2.45) is 5.73 Å². The zero-order valence-corrected chi connectivity index (χ0v) is 12.9. The van der Waals surface area contributed by atoms with Crippen LogP contribution in [0, 0.1) is 0 Å². The summed E-state index contributed by atoms with van der Waals surface area (Å²) in [4.78, 5) is 11.5. The Hall–Kier alpha value is -0.580. The van der Waals surface area contributed by atoms with E-state index in [2.05, 4.69) is 21.2 Å². The molecule has 5 heteroatoms. The summed E-state index contributed by atoms with van der Waals surface area (Å²) in [5.41, 5.74) is 6.91. The van der Waals surface area contributed by atoms with E-state index in [0.717, 1.165) is 23.7 Å². The maximum atomic E-state index is 11.5. The lowest BCUT2D eigenvalue weighted by atomic mass is 10.1. The van der Waals surface area contributed by atoms with E-state index < -0.39 is 0 Å². The van der Waals surface area contributed by atoms with Crippen molar-refractivity contribution < 1.29 is 4.79 Å². The molecule has 1 unspecified atom stereocenters. The number of hydrogen-bond donors (Lipinski definition) is 2. The van der Waals surface area contributed by atoms with Gasteiger partial charge in [0.15, 0.2) is 0 Å². The molecule has 0 spiro atoms. The largest absolute Gasteiger partial charge is 0.354 e. The van der Waals surface area contributed by atoms with E-state index in [9.17, 15) is 4.79 Å². The van der Waals surface area contributed by atoms with Crippen LogP contribution in [0.25, 0.3) is 0 Å². The highest BCUT2D eigenvalue weighted by Crippen LogP contribution is 2.10. The number of carbonyl (C=O) groups excluding carboxylic acids is 1. The highest BCUT2D eigenvalue weighted by Gasteiger charge is 2.10. The van der Waals surface area contributed by atoms with E-state index in [0.29, 0.717) is 6.54 Å². The molecular weight excluding hydrogens is 316 g/mol. The molecule has 0 aromatic heterocycles. The molecule has 0 saturated carbocycles. The predicted octanol–water partition coefficient (Wildman–Crippen LogP) is 2.66. The summed E-state index contributed by atoms with van der Waals surface area (Å²) < 4.78 is 1.07. The van der Waals surface area contributed by atoms with Gasteiger partial charge in [0.1, 0.15) is 0 Å². The van der Waals surface area contributed by atoms with Gasteiger partial charge in [0.25, 0.3) is 0 Å². The highest BCUT2D eigenvalue weighted by molar-refractivity contribution is 9.10. The van der Waals surface area contributed by atoms with Crippen LogP contribution in [0.4, 0.5) is 0 Å². The summed E-state index contributed by atoms with van der Waals surface area (Å²) in [5.74, 6) is -0.0519. The summed E-state index contributed by atoms with van der Waals surface area (Å²) >= 11 is 3.39. The summed E-state index contributed by atoms with van der Waals surface area (Å²) in [5, 5.41) is 2.85. The van der Waals surface area contributed by atoms with Crippen LogP contribution in [0.2, 0.25) is 0 Å². The molecule has 1 aromatic rings. The average molecular weight is 336 g/mol. The fourth-order valence-corrected chi connectivity index (χ4v) is 1.82. The van der Waals surface area contributed by atoms with Gasteiger partial charge >= 0.3 is 0 Å². The lowest BCUT2D eigenvalue weighted by Crippen LogP contribution is -2.41. The van der Waals surface area contributed by atoms with Crippen LogP contribution < -0.4 is 11.1 Å². The molecule has 0 fully saturated rings. The van der Waals surface area contributed by atoms with Gasteiger partial charge in [0, 0.05) is 11.0 Å². The van der Waals surface area contributed by atoms with Gasteiger partial charge in [-0.25, -0.2) is 0 Å². The predicted molar refractivity (Wildman–Crippen MR) is 81.0 cm³/mol. The van der Waals surface area contributed by atoms with E-state index >= 15 is 0 Å². The number of hydrogen-bond acceptors (Lipinski definition) is 2. The Balaban J connectivity index is 0.00000289. The fourth-order valence-electron chi connectivity index (χ4n) is 1.55. The maximum absolute atomic E-state index is 11.5. The average Bonchev–Trinajstić information content (AvgIpc) is 2.32. The highest BCUT2D eigenvalue weighted by atomic mass is 79.9. The Labute approximate surface area is 123 Å². The third kappa shape index (κ3) is 6.38. The minimum Gasteiger partial charge on any atom is -0.354 e. The van der Waals surface area contributed by atoms with Gasteiger partial charge in [-0.1, -0.05) is 41.4 Å². The Kier molecular flexibility index (Phi) is 9.06. The standard InChI is InChI=1S/C13H19BrN2O.ClH/c1-2-3-12(15)13(17)16-9-8-10-4-6-11(14)7-5-10;/h4-7,12H,2-3,8-9,15H2,1H3,(H,16,17);1H. The van der Waals surface area contributed by atoms with E-state index in [1.807, 2.05) is 31.2 Å². The molecule has 1 aromatic carbocycles. The normalized spacial score (nSPS) is 11.5. The monoisotopic (exact) mass is 334 g/mol. The number of carbonyl (C=O) groups is 1. The Morgan fingerprint density at radius 1 is 1.39 bits per heavy atom. The number of nitrogens with two attached hydrogens (primary N) is 1. The molecule has 0 saturated heterocycles. The first-order chi connectivity index (χ1) is 8.13. The van der Waals surface area contributed by atoms with Crippen LogP contribution in [0.15, 0.2) is 28.7 Å². The van der Waals surface area contributed by atoms with Crippen molar-refractivity contribution in [3.63, 3.8) is 0 Å². The number of nitrogens with one attached hydrogen (secondary N) is 1. The zero-order valence-electron chi connectivity index (χ0n) is 10.5. The molecule has 0 aliphatic rings. The van der Waals surface area contributed by atoms with Gasteiger partial charge in [-0.15, -0.1) is 12.4 Å². The molecule has 1 amide bonds. The molecule has 0 heterocycles. The Morgan fingerprint density at radius 3 is 2.56 bits per heavy atom. The van der Waals surface area contributed by atoms with E-state index in [1.165, 1.54) is 5.56 Å². The summed E-state index contributed by atoms with van der Waals surface area (Å²) in [6.07, 6.45) is 2.50. The van der Waals surface area contributed by atoms with E-state index in [-0.39, 0.29) is 24.4 Å². The van der Waals surface area contributed by atoms with Gasteiger partial charge in [0.05, 0.1) is 6.04 Å². The van der Waals surface area contributed by atoms with Crippen LogP contribution in [0.1, 0.15) is 25.3 Å². The van der Waals surface area contributed by atoms with Crippen molar-refractivity contribution in [1.29, 1.82) is 0 Å². The van der Waals surface area contributed by atoms with E-state index in [1.54, 1.807) is 0 Å². The van der Waals surface area contributed by atoms with Gasteiger partial charge in [-0.3, -0.25) is 4.79 Å². The van der Waals surface area contributed by atoms with Gasteiger partial charge in [0.2, 0.25) is 5.91 Å². The molecule has 0 aliphatic carbocycles. The van der Waals surface area contributed by atoms with E-state index in [4.69, 9.17) is 5.73 Å². The topological polar surface area (TPSA) is 55.1 Å². The molecule has 0 radical (unpaired) electrons. The zero-order chi connectivity index (χ0) is 12.7. The third-order valence-electron chi connectivity index (χ3n) is 2.56. The second-order valence-corrected chi connectivity index (χ2v) is 4.98. The summed E-state index contributed by atoms with van der Waals surface area (Å²) in [6.45, 7) is 2.66. The molecule has 0 aliphatic heterocycles. The van der Waals surface area contributed by atoms with Crippen molar-refractivity contribution in [1.82, 2.24) is 5.32 Å². The maximum Gasteiger partial charge on any atom is 0.236 e. The fraction of sp³-hybridized carbons (Fsp3) is 0.462. The van der Waals surface area contributed by atoms with Gasteiger partial charge in [-0.2, -0.15) is 0 Å². The minimum atomic E-state index is -0.370. The summed E-state index contributed by atoms with van der Waals surface area (Å²) in [7, 11) is 0. The molecule has 1 atom stereocenters. The summed E-state index contributed by atoms with van der Waals surface area (Å²) in [6, 6.07) is 7.72.